The van der Waals surface area contributed by atoms with Gasteiger partial charge in [-0.1, -0.05) is 72.3 Å². The van der Waals surface area contributed by atoms with Crippen molar-refractivity contribution in [2.45, 2.75) is 57.6 Å². The third-order valence-corrected chi connectivity index (χ3v) is 9.09. The molecule has 0 saturated carbocycles. The zero-order valence-corrected chi connectivity index (χ0v) is 26.2. The van der Waals surface area contributed by atoms with Gasteiger partial charge in [0.25, 0.3) is 10.0 Å². The first-order chi connectivity index (χ1) is 21.0. The maximum Gasteiger partial charge on any atom is 0.264 e. The first-order valence-corrected chi connectivity index (χ1v) is 15.9. The average molecular weight is 616 g/mol. The monoisotopic (exact) mass is 615 g/mol. The van der Waals surface area contributed by atoms with E-state index < -0.39 is 34.3 Å². The van der Waals surface area contributed by atoms with Gasteiger partial charge in [-0.25, -0.2) is 12.8 Å². The number of nitrogens with zero attached hydrogens (tertiary/aromatic N) is 2. The van der Waals surface area contributed by atoms with Crippen LogP contribution >= 0.6 is 0 Å². The van der Waals surface area contributed by atoms with E-state index in [2.05, 4.69) is 5.32 Å². The molecule has 4 rings (SSSR count). The highest BCUT2D eigenvalue weighted by Gasteiger charge is 2.35. The maximum absolute atomic E-state index is 14.4. The molecule has 230 valence electrons. The molecule has 4 aromatic carbocycles. The Morgan fingerprint density at radius 1 is 0.818 bits per heavy atom. The zero-order chi connectivity index (χ0) is 31.9. The first-order valence-electron chi connectivity index (χ1n) is 14.5. The molecule has 0 heterocycles. The predicted molar refractivity (Wildman–Crippen MR) is 171 cm³/mol. The summed E-state index contributed by atoms with van der Waals surface area (Å²) in [5, 5.41) is 2.95. The molecule has 0 aliphatic heterocycles. The Morgan fingerprint density at radius 3 is 2.05 bits per heavy atom. The molecule has 4 aromatic rings. The molecule has 0 radical (unpaired) electrons. The van der Waals surface area contributed by atoms with Crippen molar-refractivity contribution in [1.82, 2.24) is 10.2 Å². The van der Waals surface area contributed by atoms with Crippen LogP contribution in [-0.2, 0) is 32.6 Å². The number of carbonyl (C=O) groups is 2. The summed E-state index contributed by atoms with van der Waals surface area (Å²) in [7, 11) is -4.30. The van der Waals surface area contributed by atoms with Gasteiger partial charge in [-0.15, -0.1) is 0 Å². The summed E-state index contributed by atoms with van der Waals surface area (Å²) in [6.45, 7) is 7.01. The van der Waals surface area contributed by atoms with E-state index >= 15 is 0 Å². The van der Waals surface area contributed by atoms with Crippen LogP contribution in [0.2, 0.25) is 0 Å². The molecule has 1 N–H and O–H groups in total. The molecule has 0 spiro atoms. The number of halogens is 1. The number of amides is 2. The lowest BCUT2D eigenvalue weighted by molar-refractivity contribution is -0.140. The largest absolute Gasteiger partial charge is 0.352 e. The lowest BCUT2D eigenvalue weighted by Gasteiger charge is -2.34. The van der Waals surface area contributed by atoms with E-state index in [1.54, 1.807) is 24.3 Å². The van der Waals surface area contributed by atoms with Gasteiger partial charge in [0, 0.05) is 19.0 Å². The number of anilines is 1. The summed E-state index contributed by atoms with van der Waals surface area (Å²) >= 11 is 0. The molecule has 2 amide bonds. The Labute approximate surface area is 259 Å². The molecule has 0 fully saturated rings. The van der Waals surface area contributed by atoms with Crippen LogP contribution in [0.15, 0.2) is 108 Å². The van der Waals surface area contributed by atoms with Crippen LogP contribution < -0.4 is 9.62 Å². The highest BCUT2D eigenvalue weighted by Crippen LogP contribution is 2.26. The van der Waals surface area contributed by atoms with E-state index in [4.69, 9.17) is 0 Å². The number of hydrogen-bond acceptors (Lipinski definition) is 4. The summed E-state index contributed by atoms with van der Waals surface area (Å²) in [6.07, 6.45) is 0.228. The second kappa shape index (κ2) is 14.3. The second-order valence-corrected chi connectivity index (χ2v) is 13.0. The summed E-state index contributed by atoms with van der Waals surface area (Å²) in [5.41, 5.74) is 3.80. The summed E-state index contributed by atoms with van der Waals surface area (Å²) in [5.74, 6) is -1.47. The van der Waals surface area contributed by atoms with Crippen molar-refractivity contribution < 1.29 is 22.4 Å². The fourth-order valence-corrected chi connectivity index (χ4v) is 6.29. The van der Waals surface area contributed by atoms with Crippen molar-refractivity contribution in [3.63, 3.8) is 0 Å². The smallest absolute Gasteiger partial charge is 0.264 e. The average Bonchev–Trinajstić information content (AvgIpc) is 2.99. The molecule has 1 atom stereocenters. The summed E-state index contributed by atoms with van der Waals surface area (Å²) in [4.78, 5) is 29.5. The van der Waals surface area contributed by atoms with Gasteiger partial charge in [0.05, 0.1) is 10.6 Å². The number of aryl methyl sites for hydroxylation is 2. The minimum atomic E-state index is -4.30. The van der Waals surface area contributed by atoms with Crippen LogP contribution in [0, 0.1) is 19.7 Å². The van der Waals surface area contributed by atoms with E-state index in [0.717, 1.165) is 38.7 Å². The highest BCUT2D eigenvalue weighted by molar-refractivity contribution is 7.92. The number of carbonyl (C=O) groups excluding carboxylic acids is 2. The van der Waals surface area contributed by atoms with Gasteiger partial charge < -0.3 is 10.2 Å². The van der Waals surface area contributed by atoms with Gasteiger partial charge in [0.2, 0.25) is 11.8 Å². The second-order valence-electron chi connectivity index (χ2n) is 11.1. The van der Waals surface area contributed by atoms with Crippen LogP contribution in [0.3, 0.4) is 0 Å². The molecule has 0 saturated heterocycles. The number of sulfonamides is 1. The van der Waals surface area contributed by atoms with E-state index in [-0.39, 0.29) is 35.5 Å². The fraction of sp³-hybridized carbons (Fsp3) is 0.257. The van der Waals surface area contributed by atoms with Gasteiger partial charge in [-0.2, -0.15) is 0 Å². The number of rotatable bonds is 12. The Hall–Kier alpha value is -4.50. The van der Waals surface area contributed by atoms with Gasteiger partial charge in [-0.05, 0) is 80.8 Å². The van der Waals surface area contributed by atoms with E-state index in [1.165, 1.54) is 17.0 Å². The van der Waals surface area contributed by atoms with Crippen molar-refractivity contribution in [2.75, 3.05) is 10.8 Å². The third kappa shape index (κ3) is 8.11. The van der Waals surface area contributed by atoms with Crippen LogP contribution in [-0.4, -0.2) is 43.8 Å². The standard InChI is InChI=1S/C35H38FN3O4S/c1-25(2)37-35(41)33(22-28-11-6-5-7-12-28)38(23-29-13-9-8-10-27(29)4)34(40)24-39(31-18-14-26(3)15-19-31)44(42,43)32-20-16-30(36)17-21-32/h5-21,25,33H,22-24H2,1-4H3,(H,37,41)/t33-/m0/s1. The Kier molecular flexibility index (Phi) is 10.5. The molecule has 0 unspecified atom stereocenters. The van der Waals surface area contributed by atoms with Gasteiger partial charge in [-0.3, -0.25) is 13.9 Å². The molecular formula is C35H38FN3O4S. The lowest BCUT2D eigenvalue weighted by atomic mass is 10.0. The van der Waals surface area contributed by atoms with Crippen molar-refractivity contribution in [3.05, 3.63) is 131 Å². The van der Waals surface area contributed by atoms with Crippen LogP contribution in [0.5, 0.6) is 0 Å². The number of nitrogens with one attached hydrogen (secondary N) is 1. The quantitative estimate of drug-likeness (QED) is 0.218. The SMILES string of the molecule is Cc1ccc(N(CC(=O)N(Cc2ccccc2C)[C@@H](Cc2ccccc2)C(=O)NC(C)C)S(=O)(=O)c2ccc(F)cc2)cc1. The molecule has 7 nitrogen and oxygen atoms in total. The van der Waals surface area contributed by atoms with Crippen molar-refractivity contribution in [1.29, 1.82) is 0 Å². The van der Waals surface area contributed by atoms with E-state index in [0.29, 0.717) is 0 Å². The summed E-state index contributed by atoms with van der Waals surface area (Å²) < 4.78 is 42.7. The molecule has 9 heteroatoms. The molecular weight excluding hydrogens is 577 g/mol. The van der Waals surface area contributed by atoms with Crippen LogP contribution in [0.25, 0.3) is 0 Å². The Bertz CT molecular complexity index is 1680. The Morgan fingerprint density at radius 2 is 1.43 bits per heavy atom. The van der Waals surface area contributed by atoms with E-state index in [1.807, 2.05) is 82.3 Å². The molecule has 0 aliphatic rings. The van der Waals surface area contributed by atoms with Crippen LogP contribution in [0.1, 0.15) is 36.1 Å². The maximum atomic E-state index is 14.4. The summed E-state index contributed by atoms with van der Waals surface area (Å²) in [6, 6.07) is 27.1. The normalized spacial score (nSPS) is 12.0. The van der Waals surface area contributed by atoms with Crippen molar-refractivity contribution >= 4 is 27.5 Å². The van der Waals surface area contributed by atoms with Gasteiger partial charge >= 0.3 is 0 Å². The fourth-order valence-electron chi connectivity index (χ4n) is 4.88. The Balaban J connectivity index is 1.81. The molecule has 0 aliphatic carbocycles. The highest BCUT2D eigenvalue weighted by atomic mass is 32.2. The lowest BCUT2D eigenvalue weighted by Crippen LogP contribution is -2.54. The minimum Gasteiger partial charge on any atom is -0.352 e. The van der Waals surface area contributed by atoms with Crippen LogP contribution in [0.4, 0.5) is 10.1 Å². The number of benzene rings is 4. The third-order valence-electron chi connectivity index (χ3n) is 7.31. The number of hydrogen-bond donors (Lipinski definition) is 1. The van der Waals surface area contributed by atoms with Gasteiger partial charge in [0.1, 0.15) is 18.4 Å². The predicted octanol–water partition coefficient (Wildman–Crippen LogP) is 5.80. The zero-order valence-electron chi connectivity index (χ0n) is 25.4. The molecule has 0 aromatic heterocycles. The van der Waals surface area contributed by atoms with E-state index in [9.17, 15) is 22.4 Å². The minimum absolute atomic E-state index is 0.0901. The van der Waals surface area contributed by atoms with Crippen molar-refractivity contribution in [3.8, 4) is 0 Å². The van der Waals surface area contributed by atoms with Gasteiger partial charge in [0.15, 0.2) is 0 Å². The molecule has 0 bridgehead atoms. The van der Waals surface area contributed by atoms with Crippen molar-refractivity contribution in [2.24, 2.45) is 0 Å². The molecule has 44 heavy (non-hydrogen) atoms. The first kappa shape index (κ1) is 32.4. The topological polar surface area (TPSA) is 86.8 Å².